The lowest BCUT2D eigenvalue weighted by Gasteiger charge is -2.21. The molecule has 0 saturated heterocycles. The van der Waals surface area contributed by atoms with E-state index in [0.717, 1.165) is 11.1 Å². The first-order chi connectivity index (χ1) is 8.95. The number of ketones is 1. The number of likely N-dealkylation sites (N-methyl/N-ethyl adjacent to an activating group) is 2. The fourth-order valence-electron chi connectivity index (χ4n) is 1.79. The Bertz CT molecular complexity index is 455. The summed E-state index contributed by atoms with van der Waals surface area (Å²) in [7, 11) is 3.44. The Balaban J connectivity index is 2.69. The zero-order valence-electron chi connectivity index (χ0n) is 12.1. The van der Waals surface area contributed by atoms with Crippen molar-refractivity contribution in [2.75, 3.05) is 33.7 Å². The number of benzene rings is 1. The summed E-state index contributed by atoms with van der Waals surface area (Å²) in [4.78, 5) is 27.3. The van der Waals surface area contributed by atoms with Crippen molar-refractivity contribution in [2.24, 2.45) is 0 Å². The summed E-state index contributed by atoms with van der Waals surface area (Å²) >= 11 is 0. The zero-order valence-corrected chi connectivity index (χ0v) is 12.1. The van der Waals surface area contributed by atoms with Crippen molar-refractivity contribution in [3.8, 4) is 0 Å². The van der Waals surface area contributed by atoms with Gasteiger partial charge in [0.1, 0.15) is 0 Å². The highest BCUT2D eigenvalue weighted by atomic mass is 16.2. The first-order valence-corrected chi connectivity index (χ1v) is 6.47. The van der Waals surface area contributed by atoms with E-state index in [2.05, 4.69) is 0 Å². The monoisotopic (exact) mass is 262 g/mol. The second kappa shape index (κ2) is 7.04. The molecule has 1 rings (SSSR count). The molecule has 4 heteroatoms. The molecule has 0 fully saturated rings. The largest absolute Gasteiger partial charge is 0.348 e. The number of rotatable bonds is 6. The summed E-state index contributed by atoms with van der Waals surface area (Å²) in [6.07, 6.45) is 0. The Morgan fingerprint density at radius 3 is 2.26 bits per heavy atom. The van der Waals surface area contributed by atoms with E-state index in [1.165, 1.54) is 0 Å². The molecule has 0 aliphatic carbocycles. The number of hydrogen-bond donors (Lipinski definition) is 0. The van der Waals surface area contributed by atoms with Crippen LogP contribution >= 0.6 is 0 Å². The number of Topliss-reactive ketones (excluding diaryl/α,β-unsaturated/α-hetero) is 1. The molecule has 0 heterocycles. The van der Waals surface area contributed by atoms with E-state index in [-0.39, 0.29) is 24.8 Å². The second-order valence-electron chi connectivity index (χ2n) is 4.83. The van der Waals surface area contributed by atoms with Crippen molar-refractivity contribution >= 4 is 11.7 Å². The maximum absolute atomic E-state index is 12.2. The highest BCUT2D eigenvalue weighted by molar-refractivity contribution is 5.99. The molecule has 0 N–H and O–H groups in total. The van der Waals surface area contributed by atoms with Gasteiger partial charge in [0.25, 0.3) is 0 Å². The van der Waals surface area contributed by atoms with E-state index in [1.807, 2.05) is 43.0 Å². The molecule has 0 atom stereocenters. The molecule has 0 aliphatic rings. The molecule has 1 aromatic rings. The molecule has 0 saturated carbocycles. The third kappa shape index (κ3) is 4.48. The summed E-state index contributed by atoms with van der Waals surface area (Å²) in [6.45, 7) is 5.11. The minimum absolute atomic E-state index is 0.0134. The molecule has 104 valence electrons. The Morgan fingerprint density at radius 1 is 1.11 bits per heavy atom. The normalized spacial score (nSPS) is 10.6. The molecule has 0 aromatic heterocycles. The molecule has 19 heavy (non-hydrogen) atoms. The van der Waals surface area contributed by atoms with Crippen LogP contribution in [0, 0.1) is 6.92 Å². The molecule has 0 spiro atoms. The average molecular weight is 262 g/mol. The summed E-state index contributed by atoms with van der Waals surface area (Å²) in [6, 6.07) is 7.54. The maximum atomic E-state index is 12.2. The van der Waals surface area contributed by atoms with Gasteiger partial charge in [-0.25, -0.2) is 0 Å². The summed E-state index contributed by atoms with van der Waals surface area (Å²) < 4.78 is 0. The minimum Gasteiger partial charge on any atom is -0.348 e. The predicted molar refractivity (Wildman–Crippen MR) is 76.3 cm³/mol. The van der Waals surface area contributed by atoms with Crippen molar-refractivity contribution in [3.63, 3.8) is 0 Å². The van der Waals surface area contributed by atoms with Crippen LogP contribution < -0.4 is 0 Å². The third-order valence-corrected chi connectivity index (χ3v) is 3.12. The van der Waals surface area contributed by atoms with E-state index < -0.39 is 0 Å². The Kier molecular flexibility index (Phi) is 5.70. The van der Waals surface area contributed by atoms with Crippen LogP contribution in [0.5, 0.6) is 0 Å². The van der Waals surface area contributed by atoms with Gasteiger partial charge in [-0.3, -0.25) is 14.5 Å². The first kappa shape index (κ1) is 15.4. The number of hydrogen-bond acceptors (Lipinski definition) is 3. The summed E-state index contributed by atoms with van der Waals surface area (Å²) in [5.74, 6) is 0.0749. The van der Waals surface area contributed by atoms with Gasteiger partial charge in [-0.05, 0) is 19.0 Å². The van der Waals surface area contributed by atoms with Gasteiger partial charge in [0.15, 0.2) is 5.78 Å². The molecular weight excluding hydrogens is 240 g/mol. The number of nitrogens with zero attached hydrogens (tertiary/aromatic N) is 2. The fourth-order valence-corrected chi connectivity index (χ4v) is 1.79. The van der Waals surface area contributed by atoms with Crippen molar-refractivity contribution in [3.05, 3.63) is 35.4 Å². The molecular formula is C15H22N2O2. The van der Waals surface area contributed by atoms with Gasteiger partial charge in [0.05, 0.1) is 13.1 Å². The predicted octanol–water partition coefficient (Wildman–Crippen LogP) is 1.59. The van der Waals surface area contributed by atoms with E-state index >= 15 is 0 Å². The molecule has 1 amide bonds. The third-order valence-electron chi connectivity index (χ3n) is 3.12. The van der Waals surface area contributed by atoms with Crippen LogP contribution in [-0.2, 0) is 4.79 Å². The highest BCUT2D eigenvalue weighted by Crippen LogP contribution is 2.08. The van der Waals surface area contributed by atoms with Gasteiger partial charge in [0.2, 0.25) is 5.91 Å². The standard InChI is InChI=1S/C15H22N2O2/c1-5-17(11-15(19)16(3)4)10-14(18)13-9-7-6-8-12(13)2/h6-9H,5,10-11H2,1-4H3. The van der Waals surface area contributed by atoms with Gasteiger partial charge >= 0.3 is 0 Å². The van der Waals surface area contributed by atoms with Crippen LogP contribution in [0.3, 0.4) is 0 Å². The minimum atomic E-state index is 0.0134. The van der Waals surface area contributed by atoms with Gasteiger partial charge in [-0.2, -0.15) is 0 Å². The van der Waals surface area contributed by atoms with E-state index in [1.54, 1.807) is 19.0 Å². The van der Waals surface area contributed by atoms with E-state index in [9.17, 15) is 9.59 Å². The maximum Gasteiger partial charge on any atom is 0.236 e. The second-order valence-corrected chi connectivity index (χ2v) is 4.83. The molecule has 0 unspecified atom stereocenters. The lowest BCUT2D eigenvalue weighted by atomic mass is 10.0. The van der Waals surface area contributed by atoms with Crippen LogP contribution in [0.1, 0.15) is 22.8 Å². The number of amides is 1. The Labute approximate surface area is 115 Å². The number of carbonyl (C=O) groups excluding carboxylic acids is 2. The van der Waals surface area contributed by atoms with E-state index in [4.69, 9.17) is 0 Å². The molecule has 0 radical (unpaired) electrons. The van der Waals surface area contributed by atoms with Crippen LogP contribution in [0.15, 0.2) is 24.3 Å². The van der Waals surface area contributed by atoms with Crippen molar-refractivity contribution in [2.45, 2.75) is 13.8 Å². The quantitative estimate of drug-likeness (QED) is 0.731. The Hall–Kier alpha value is -1.68. The van der Waals surface area contributed by atoms with Gasteiger partial charge in [-0.15, -0.1) is 0 Å². The lowest BCUT2D eigenvalue weighted by Crippen LogP contribution is -2.39. The van der Waals surface area contributed by atoms with Crippen molar-refractivity contribution in [1.82, 2.24) is 9.80 Å². The smallest absolute Gasteiger partial charge is 0.236 e. The van der Waals surface area contributed by atoms with E-state index in [0.29, 0.717) is 6.54 Å². The molecule has 1 aromatic carbocycles. The average Bonchev–Trinajstić information content (AvgIpc) is 2.37. The first-order valence-electron chi connectivity index (χ1n) is 6.47. The van der Waals surface area contributed by atoms with Crippen LogP contribution in [0.2, 0.25) is 0 Å². The molecule has 0 bridgehead atoms. The van der Waals surface area contributed by atoms with Crippen LogP contribution in [0.25, 0.3) is 0 Å². The van der Waals surface area contributed by atoms with Crippen LogP contribution in [-0.4, -0.2) is 55.2 Å². The number of aryl methyl sites for hydroxylation is 1. The van der Waals surface area contributed by atoms with Crippen molar-refractivity contribution < 1.29 is 9.59 Å². The number of carbonyl (C=O) groups is 2. The zero-order chi connectivity index (χ0) is 14.4. The molecule has 0 aliphatic heterocycles. The summed E-state index contributed by atoms with van der Waals surface area (Å²) in [5.41, 5.74) is 1.71. The SMILES string of the molecule is CCN(CC(=O)c1ccccc1C)CC(=O)N(C)C. The Morgan fingerprint density at radius 2 is 1.74 bits per heavy atom. The van der Waals surface area contributed by atoms with Gasteiger partial charge in [0, 0.05) is 19.7 Å². The highest BCUT2D eigenvalue weighted by Gasteiger charge is 2.16. The fraction of sp³-hybridized carbons (Fsp3) is 0.467. The van der Waals surface area contributed by atoms with Gasteiger partial charge < -0.3 is 4.90 Å². The van der Waals surface area contributed by atoms with Gasteiger partial charge in [-0.1, -0.05) is 31.2 Å². The summed E-state index contributed by atoms with van der Waals surface area (Å²) in [5, 5.41) is 0. The topological polar surface area (TPSA) is 40.6 Å². The molecule has 4 nitrogen and oxygen atoms in total. The van der Waals surface area contributed by atoms with Crippen LogP contribution in [0.4, 0.5) is 0 Å². The lowest BCUT2D eigenvalue weighted by molar-refractivity contribution is -0.129. The van der Waals surface area contributed by atoms with Crippen molar-refractivity contribution in [1.29, 1.82) is 0 Å².